The van der Waals surface area contributed by atoms with Gasteiger partial charge in [-0.2, -0.15) is 0 Å². The molecule has 2 aromatic rings. The standard InChI is InChI=1S/C11H11ClN2O2S2/c1-2-8-5-6-10(17-8)18(15,16)14-11-9(12)4-3-7-13-11/h3-7H,2H2,1H3,(H,13,14). The molecule has 4 nitrogen and oxygen atoms in total. The molecular weight excluding hydrogens is 292 g/mol. The first-order chi connectivity index (χ1) is 8.53. The molecule has 0 fully saturated rings. The van der Waals surface area contributed by atoms with Crippen molar-refractivity contribution in [1.29, 1.82) is 0 Å². The minimum absolute atomic E-state index is 0.144. The molecule has 0 radical (unpaired) electrons. The highest BCUT2D eigenvalue weighted by Gasteiger charge is 2.18. The molecular formula is C11H11ClN2O2S2. The Labute approximate surface area is 115 Å². The lowest BCUT2D eigenvalue weighted by molar-refractivity contribution is 0.603. The number of thiophene rings is 1. The lowest BCUT2D eigenvalue weighted by atomic mass is 10.4. The average molecular weight is 303 g/mol. The van der Waals surface area contributed by atoms with E-state index in [2.05, 4.69) is 9.71 Å². The maximum atomic E-state index is 12.1. The maximum Gasteiger partial charge on any atom is 0.272 e. The van der Waals surface area contributed by atoms with Gasteiger partial charge in [0.1, 0.15) is 4.21 Å². The summed E-state index contributed by atoms with van der Waals surface area (Å²) in [5.41, 5.74) is 0. The molecule has 0 unspecified atom stereocenters. The quantitative estimate of drug-likeness (QED) is 0.944. The highest BCUT2D eigenvalue weighted by atomic mass is 35.5. The fourth-order valence-electron chi connectivity index (χ4n) is 1.33. The van der Waals surface area contributed by atoms with Gasteiger partial charge in [0.15, 0.2) is 5.82 Å². The van der Waals surface area contributed by atoms with Gasteiger partial charge in [-0.3, -0.25) is 4.72 Å². The first kappa shape index (κ1) is 13.3. The zero-order chi connectivity index (χ0) is 13.2. The molecule has 0 aliphatic carbocycles. The van der Waals surface area contributed by atoms with Crippen molar-refractivity contribution in [3.8, 4) is 0 Å². The molecule has 1 N–H and O–H groups in total. The van der Waals surface area contributed by atoms with Crippen LogP contribution in [-0.2, 0) is 16.4 Å². The molecule has 18 heavy (non-hydrogen) atoms. The van der Waals surface area contributed by atoms with Crippen molar-refractivity contribution < 1.29 is 8.42 Å². The van der Waals surface area contributed by atoms with E-state index in [0.717, 1.165) is 11.3 Å². The number of nitrogens with one attached hydrogen (secondary N) is 1. The van der Waals surface area contributed by atoms with Crippen LogP contribution in [0.3, 0.4) is 0 Å². The topological polar surface area (TPSA) is 59.1 Å². The number of rotatable bonds is 4. The van der Waals surface area contributed by atoms with E-state index in [9.17, 15) is 8.42 Å². The summed E-state index contributed by atoms with van der Waals surface area (Å²) in [4.78, 5) is 4.91. The van der Waals surface area contributed by atoms with Crippen LogP contribution in [0.5, 0.6) is 0 Å². The van der Waals surface area contributed by atoms with Crippen molar-refractivity contribution in [1.82, 2.24) is 4.98 Å². The summed E-state index contributed by atoms with van der Waals surface area (Å²) in [5.74, 6) is 0.144. The number of anilines is 1. The van der Waals surface area contributed by atoms with Gasteiger partial charge in [0.25, 0.3) is 10.0 Å². The average Bonchev–Trinajstić information content (AvgIpc) is 2.81. The molecule has 2 rings (SSSR count). The molecule has 96 valence electrons. The number of nitrogens with zero attached hydrogens (tertiary/aromatic N) is 1. The number of halogens is 1. The maximum absolute atomic E-state index is 12.1. The van der Waals surface area contributed by atoms with Crippen LogP contribution in [0.2, 0.25) is 5.02 Å². The van der Waals surface area contributed by atoms with Gasteiger partial charge in [-0.15, -0.1) is 11.3 Å². The first-order valence-corrected chi connectivity index (χ1v) is 7.92. The zero-order valence-electron chi connectivity index (χ0n) is 9.55. The Bertz CT molecular complexity index is 653. The van der Waals surface area contributed by atoms with Crippen molar-refractivity contribution >= 4 is 38.8 Å². The van der Waals surface area contributed by atoms with Crippen LogP contribution < -0.4 is 4.72 Å². The van der Waals surface area contributed by atoms with E-state index >= 15 is 0 Å². The number of sulfonamides is 1. The van der Waals surface area contributed by atoms with Gasteiger partial charge in [0.2, 0.25) is 0 Å². The van der Waals surface area contributed by atoms with E-state index < -0.39 is 10.0 Å². The van der Waals surface area contributed by atoms with E-state index in [1.165, 1.54) is 17.5 Å². The van der Waals surface area contributed by atoms with Crippen molar-refractivity contribution in [3.05, 3.63) is 40.4 Å². The van der Waals surface area contributed by atoms with Gasteiger partial charge in [0.05, 0.1) is 5.02 Å². The Morgan fingerprint density at radius 1 is 1.39 bits per heavy atom. The summed E-state index contributed by atoms with van der Waals surface area (Å²) >= 11 is 7.11. The van der Waals surface area contributed by atoms with Crippen LogP contribution in [0.25, 0.3) is 0 Å². The molecule has 0 atom stereocenters. The van der Waals surface area contributed by atoms with E-state index in [-0.39, 0.29) is 15.0 Å². The third-order valence-electron chi connectivity index (χ3n) is 2.24. The van der Waals surface area contributed by atoms with Crippen LogP contribution in [0.1, 0.15) is 11.8 Å². The number of aryl methyl sites for hydroxylation is 1. The van der Waals surface area contributed by atoms with Crippen molar-refractivity contribution in [2.45, 2.75) is 17.6 Å². The highest BCUT2D eigenvalue weighted by Crippen LogP contribution is 2.26. The van der Waals surface area contributed by atoms with Gasteiger partial charge in [0, 0.05) is 11.1 Å². The van der Waals surface area contributed by atoms with Crippen molar-refractivity contribution in [3.63, 3.8) is 0 Å². The number of hydrogen-bond acceptors (Lipinski definition) is 4. The predicted molar refractivity (Wildman–Crippen MR) is 73.8 cm³/mol. The second-order valence-corrected chi connectivity index (χ2v) is 7.00. The third kappa shape index (κ3) is 2.82. The van der Waals surface area contributed by atoms with Crippen LogP contribution >= 0.6 is 22.9 Å². The second-order valence-electron chi connectivity index (χ2n) is 3.51. The van der Waals surface area contributed by atoms with E-state index in [0.29, 0.717) is 0 Å². The highest BCUT2D eigenvalue weighted by molar-refractivity contribution is 7.94. The minimum atomic E-state index is -3.60. The normalized spacial score (nSPS) is 11.4. The lowest BCUT2D eigenvalue weighted by Gasteiger charge is -2.06. The molecule has 2 heterocycles. The summed E-state index contributed by atoms with van der Waals surface area (Å²) in [6.07, 6.45) is 2.29. The van der Waals surface area contributed by atoms with Gasteiger partial charge in [-0.25, -0.2) is 13.4 Å². The summed E-state index contributed by atoms with van der Waals surface area (Å²) in [7, 11) is -3.60. The molecule has 2 aromatic heterocycles. The lowest BCUT2D eigenvalue weighted by Crippen LogP contribution is -2.12. The number of pyridine rings is 1. The molecule has 0 bridgehead atoms. The van der Waals surface area contributed by atoms with Gasteiger partial charge < -0.3 is 0 Å². The Morgan fingerprint density at radius 3 is 2.78 bits per heavy atom. The Morgan fingerprint density at radius 2 is 2.17 bits per heavy atom. The summed E-state index contributed by atoms with van der Waals surface area (Å²) < 4.78 is 26.8. The van der Waals surface area contributed by atoms with Crippen LogP contribution in [0.15, 0.2) is 34.7 Å². The predicted octanol–water partition coefficient (Wildman–Crippen LogP) is 3.16. The summed E-state index contributed by atoms with van der Waals surface area (Å²) in [6, 6.07) is 6.61. The van der Waals surface area contributed by atoms with E-state index in [4.69, 9.17) is 11.6 Å². The summed E-state index contributed by atoms with van der Waals surface area (Å²) in [6.45, 7) is 1.98. The van der Waals surface area contributed by atoms with Gasteiger partial charge in [-0.05, 0) is 30.7 Å². The molecule has 0 amide bonds. The fraction of sp³-hybridized carbons (Fsp3) is 0.182. The molecule has 0 aromatic carbocycles. The largest absolute Gasteiger partial charge is 0.272 e. The van der Waals surface area contributed by atoms with Crippen molar-refractivity contribution in [2.75, 3.05) is 4.72 Å². The van der Waals surface area contributed by atoms with E-state index in [1.54, 1.807) is 24.3 Å². The fourth-order valence-corrected chi connectivity index (χ4v) is 3.88. The SMILES string of the molecule is CCc1ccc(S(=O)(=O)Nc2ncccc2Cl)s1. The minimum Gasteiger partial charge on any atom is -0.261 e. The zero-order valence-corrected chi connectivity index (χ0v) is 11.9. The second kappa shape index (κ2) is 5.26. The Hall–Kier alpha value is -1.11. The van der Waals surface area contributed by atoms with Crippen molar-refractivity contribution in [2.24, 2.45) is 0 Å². The molecule has 0 aliphatic heterocycles. The molecule has 0 saturated heterocycles. The number of aromatic nitrogens is 1. The van der Waals surface area contributed by atoms with Crippen LogP contribution in [0, 0.1) is 0 Å². The van der Waals surface area contributed by atoms with Crippen LogP contribution in [0.4, 0.5) is 5.82 Å². The third-order valence-corrected chi connectivity index (χ3v) is 5.61. The number of hydrogen-bond donors (Lipinski definition) is 1. The summed E-state index contributed by atoms with van der Waals surface area (Å²) in [5, 5.41) is 0.272. The molecule has 7 heteroatoms. The Balaban J connectivity index is 2.30. The molecule has 0 saturated carbocycles. The molecule has 0 spiro atoms. The van der Waals surface area contributed by atoms with Gasteiger partial charge in [-0.1, -0.05) is 18.5 Å². The first-order valence-electron chi connectivity index (χ1n) is 5.25. The smallest absolute Gasteiger partial charge is 0.261 e. The Kier molecular flexibility index (Phi) is 3.89. The molecule has 0 aliphatic rings. The van der Waals surface area contributed by atoms with Gasteiger partial charge >= 0.3 is 0 Å². The van der Waals surface area contributed by atoms with E-state index in [1.807, 2.05) is 6.92 Å². The monoisotopic (exact) mass is 302 g/mol. The van der Waals surface area contributed by atoms with Crippen LogP contribution in [-0.4, -0.2) is 13.4 Å².